The van der Waals surface area contributed by atoms with Crippen LogP contribution in [0.3, 0.4) is 0 Å². The van der Waals surface area contributed by atoms with E-state index in [9.17, 15) is 13.2 Å². The van der Waals surface area contributed by atoms with Crippen LogP contribution in [0.2, 0.25) is 0 Å². The number of nitrogens with one attached hydrogen (secondary N) is 1. The van der Waals surface area contributed by atoms with Gasteiger partial charge in [0.2, 0.25) is 0 Å². The molecule has 0 saturated carbocycles. The van der Waals surface area contributed by atoms with E-state index in [4.69, 9.17) is 4.74 Å². The number of alkyl halides is 3. The molecule has 0 saturated heterocycles. The lowest BCUT2D eigenvalue weighted by molar-refractivity contribution is -0.137. The molecule has 0 amide bonds. The van der Waals surface area contributed by atoms with Gasteiger partial charge in [0.1, 0.15) is 11.4 Å². The van der Waals surface area contributed by atoms with Crippen molar-refractivity contribution in [2.75, 3.05) is 7.11 Å². The Labute approximate surface area is 168 Å². The number of methoxy groups -OCH3 is 1. The van der Waals surface area contributed by atoms with Crippen LogP contribution < -0.4 is 10.1 Å². The van der Waals surface area contributed by atoms with Crippen molar-refractivity contribution in [3.05, 3.63) is 83.6 Å². The Balaban J connectivity index is 1.86. The average molecular weight is 400 g/mol. The van der Waals surface area contributed by atoms with Gasteiger partial charge in [-0.05, 0) is 43.7 Å². The number of aromatic nitrogens is 1. The second-order valence-corrected chi connectivity index (χ2v) is 6.88. The summed E-state index contributed by atoms with van der Waals surface area (Å²) < 4.78 is 43.9. The van der Waals surface area contributed by atoms with Gasteiger partial charge in [-0.2, -0.15) is 13.2 Å². The van der Waals surface area contributed by atoms with Crippen molar-refractivity contribution in [2.45, 2.75) is 32.1 Å². The Bertz CT molecular complexity index is 941. The maximum Gasteiger partial charge on any atom is 0.416 e. The first kappa shape index (κ1) is 20.9. The third kappa shape index (κ3) is 4.95. The van der Waals surface area contributed by atoms with Gasteiger partial charge in [-0.3, -0.25) is 0 Å². The van der Waals surface area contributed by atoms with Gasteiger partial charge >= 0.3 is 6.18 Å². The fourth-order valence-electron chi connectivity index (χ4n) is 3.19. The molecule has 1 N–H and O–H groups in total. The molecule has 152 valence electrons. The molecule has 0 fully saturated rings. The van der Waals surface area contributed by atoms with Gasteiger partial charge in [0, 0.05) is 17.6 Å². The fourth-order valence-corrected chi connectivity index (χ4v) is 3.19. The second kappa shape index (κ2) is 8.66. The molecule has 6 heteroatoms. The number of benzene rings is 2. The van der Waals surface area contributed by atoms with Crippen molar-refractivity contribution in [3.63, 3.8) is 0 Å². The largest absolute Gasteiger partial charge is 0.494 e. The van der Waals surface area contributed by atoms with E-state index in [1.54, 1.807) is 6.07 Å². The standard InChI is InChI=1S/C23H23F3N2O/c1-15(17-7-5-4-6-8-17)27-16(2)20-13-14-21(29-3)22(28-20)18-9-11-19(12-10-18)23(24,25)26/h4-16,27H,1-3H3/t15-,16-/m1/s1. The molecular weight excluding hydrogens is 377 g/mol. The van der Waals surface area contributed by atoms with Crippen molar-refractivity contribution in [1.29, 1.82) is 0 Å². The molecule has 0 spiro atoms. The zero-order valence-corrected chi connectivity index (χ0v) is 16.5. The third-order valence-electron chi connectivity index (χ3n) is 4.83. The molecule has 2 aromatic carbocycles. The summed E-state index contributed by atoms with van der Waals surface area (Å²) in [7, 11) is 1.52. The molecule has 29 heavy (non-hydrogen) atoms. The Hall–Kier alpha value is -2.86. The van der Waals surface area contributed by atoms with Crippen molar-refractivity contribution in [3.8, 4) is 17.0 Å². The maximum atomic E-state index is 12.9. The Morgan fingerprint density at radius 2 is 1.52 bits per heavy atom. The second-order valence-electron chi connectivity index (χ2n) is 6.88. The first-order valence-corrected chi connectivity index (χ1v) is 9.33. The third-order valence-corrected chi connectivity index (χ3v) is 4.83. The number of hydrogen-bond donors (Lipinski definition) is 1. The minimum absolute atomic E-state index is 0.0655. The highest BCUT2D eigenvalue weighted by Crippen LogP contribution is 2.34. The van der Waals surface area contributed by atoms with Crippen molar-refractivity contribution < 1.29 is 17.9 Å². The molecule has 1 heterocycles. The van der Waals surface area contributed by atoms with E-state index in [0.29, 0.717) is 17.0 Å². The minimum Gasteiger partial charge on any atom is -0.494 e. The van der Waals surface area contributed by atoms with Crippen LogP contribution in [0.15, 0.2) is 66.7 Å². The SMILES string of the molecule is COc1ccc([C@@H](C)N[C@H](C)c2ccccc2)nc1-c1ccc(C(F)(F)F)cc1. The monoisotopic (exact) mass is 400 g/mol. The zero-order valence-electron chi connectivity index (χ0n) is 16.5. The fraction of sp³-hybridized carbons (Fsp3) is 0.261. The number of nitrogens with zero attached hydrogens (tertiary/aromatic N) is 1. The highest BCUT2D eigenvalue weighted by molar-refractivity contribution is 5.66. The van der Waals surface area contributed by atoms with Gasteiger partial charge in [-0.1, -0.05) is 42.5 Å². The molecule has 0 aliphatic carbocycles. The van der Waals surface area contributed by atoms with Gasteiger partial charge in [-0.15, -0.1) is 0 Å². The summed E-state index contributed by atoms with van der Waals surface area (Å²) in [4.78, 5) is 4.68. The smallest absolute Gasteiger partial charge is 0.416 e. The molecular formula is C23H23F3N2O. The van der Waals surface area contributed by atoms with Crippen molar-refractivity contribution in [1.82, 2.24) is 10.3 Å². The van der Waals surface area contributed by atoms with Gasteiger partial charge in [0.05, 0.1) is 18.4 Å². The topological polar surface area (TPSA) is 34.1 Å². The average Bonchev–Trinajstić information content (AvgIpc) is 2.73. The Kier molecular flexibility index (Phi) is 6.23. The van der Waals surface area contributed by atoms with E-state index < -0.39 is 11.7 Å². The number of pyridine rings is 1. The van der Waals surface area contributed by atoms with E-state index in [-0.39, 0.29) is 12.1 Å². The molecule has 3 rings (SSSR count). The molecule has 2 atom stereocenters. The predicted octanol–water partition coefficient (Wildman–Crippen LogP) is 6.19. The molecule has 3 nitrogen and oxygen atoms in total. The minimum atomic E-state index is -4.37. The van der Waals surface area contributed by atoms with Crippen molar-refractivity contribution >= 4 is 0 Å². The van der Waals surface area contributed by atoms with E-state index >= 15 is 0 Å². The summed E-state index contributed by atoms with van der Waals surface area (Å²) in [5.41, 5.74) is 2.34. The normalized spacial score (nSPS) is 13.7. The molecule has 0 aliphatic heterocycles. The molecule has 0 unspecified atom stereocenters. The number of ether oxygens (including phenoxy) is 1. The van der Waals surface area contributed by atoms with Gasteiger partial charge < -0.3 is 10.1 Å². The van der Waals surface area contributed by atoms with Gasteiger partial charge in [0.15, 0.2) is 0 Å². The lowest BCUT2D eigenvalue weighted by Crippen LogP contribution is -2.23. The van der Waals surface area contributed by atoms with Gasteiger partial charge in [-0.25, -0.2) is 4.98 Å². The van der Waals surface area contributed by atoms with Crippen LogP contribution >= 0.6 is 0 Å². The summed E-state index contributed by atoms with van der Waals surface area (Å²) in [6.07, 6.45) is -4.37. The number of halogens is 3. The quantitative estimate of drug-likeness (QED) is 0.536. The molecule has 0 bridgehead atoms. The first-order valence-electron chi connectivity index (χ1n) is 9.33. The predicted molar refractivity (Wildman–Crippen MR) is 108 cm³/mol. The van der Waals surface area contributed by atoms with Crippen LogP contribution in [0, 0.1) is 0 Å². The van der Waals surface area contributed by atoms with Crippen LogP contribution in [-0.2, 0) is 6.18 Å². The van der Waals surface area contributed by atoms with Crippen LogP contribution in [-0.4, -0.2) is 12.1 Å². The number of rotatable bonds is 6. The summed E-state index contributed by atoms with van der Waals surface area (Å²) in [6.45, 7) is 4.08. The summed E-state index contributed by atoms with van der Waals surface area (Å²) in [5, 5.41) is 3.51. The maximum absolute atomic E-state index is 12.9. The van der Waals surface area contributed by atoms with E-state index in [0.717, 1.165) is 23.4 Å². The Morgan fingerprint density at radius 3 is 2.10 bits per heavy atom. The molecule has 0 radical (unpaired) electrons. The zero-order chi connectivity index (χ0) is 21.0. The van der Waals surface area contributed by atoms with Crippen LogP contribution in [0.4, 0.5) is 13.2 Å². The first-order chi connectivity index (χ1) is 13.8. The lowest BCUT2D eigenvalue weighted by Gasteiger charge is -2.21. The number of hydrogen-bond acceptors (Lipinski definition) is 3. The highest BCUT2D eigenvalue weighted by atomic mass is 19.4. The van der Waals surface area contributed by atoms with Crippen LogP contribution in [0.1, 0.15) is 42.8 Å². The lowest BCUT2D eigenvalue weighted by atomic mass is 10.0. The van der Waals surface area contributed by atoms with E-state index in [1.165, 1.54) is 19.2 Å². The molecule has 1 aromatic heterocycles. The Morgan fingerprint density at radius 1 is 0.862 bits per heavy atom. The van der Waals surface area contributed by atoms with Crippen LogP contribution in [0.25, 0.3) is 11.3 Å². The summed E-state index contributed by atoms with van der Waals surface area (Å²) in [5.74, 6) is 0.511. The summed E-state index contributed by atoms with van der Waals surface area (Å²) >= 11 is 0. The summed E-state index contributed by atoms with van der Waals surface area (Å²) in [6, 6.07) is 18.7. The molecule has 3 aromatic rings. The van der Waals surface area contributed by atoms with E-state index in [1.807, 2.05) is 31.2 Å². The van der Waals surface area contributed by atoms with E-state index in [2.05, 4.69) is 29.4 Å². The van der Waals surface area contributed by atoms with Crippen molar-refractivity contribution in [2.24, 2.45) is 0 Å². The highest BCUT2D eigenvalue weighted by Gasteiger charge is 2.30. The van der Waals surface area contributed by atoms with Crippen LogP contribution in [0.5, 0.6) is 5.75 Å². The molecule has 0 aliphatic rings. The van der Waals surface area contributed by atoms with Gasteiger partial charge in [0.25, 0.3) is 0 Å².